The lowest BCUT2D eigenvalue weighted by molar-refractivity contribution is 0.614. The van der Waals surface area contributed by atoms with Crippen molar-refractivity contribution in [1.82, 2.24) is 14.8 Å². The highest BCUT2D eigenvalue weighted by atomic mass is 16.4. The third-order valence-corrected chi connectivity index (χ3v) is 3.00. The maximum Gasteiger partial charge on any atom is 0.296 e. The molecule has 0 aliphatic carbocycles. The number of hydrogen-bond donors (Lipinski definition) is 2. The molecule has 0 saturated carbocycles. The molecule has 2 aromatic heterocycles. The number of rotatable bonds is 3. The molecule has 6 nitrogen and oxygen atoms in total. The molecular formula is C13H15N5O. The van der Waals surface area contributed by atoms with Crippen LogP contribution in [0, 0.1) is 6.92 Å². The molecule has 0 spiro atoms. The molecule has 0 amide bonds. The normalized spacial score (nSPS) is 11.1. The lowest BCUT2D eigenvalue weighted by atomic mass is 10.3. The van der Waals surface area contributed by atoms with Gasteiger partial charge in [0.15, 0.2) is 5.58 Å². The molecule has 0 unspecified atom stereocenters. The van der Waals surface area contributed by atoms with E-state index in [1.165, 1.54) is 0 Å². The van der Waals surface area contributed by atoms with Crippen molar-refractivity contribution in [2.45, 2.75) is 13.5 Å². The molecule has 1 aromatic carbocycles. The number of oxazole rings is 1. The van der Waals surface area contributed by atoms with Gasteiger partial charge in [-0.15, -0.1) is 0 Å². The SMILES string of the molecule is Cc1nn(C)cc1CNc1nc2c(N)cccc2o1. The molecule has 3 N–H and O–H groups in total. The fraction of sp³-hybridized carbons (Fsp3) is 0.231. The molecule has 0 radical (unpaired) electrons. The number of hydrogen-bond acceptors (Lipinski definition) is 5. The smallest absolute Gasteiger partial charge is 0.296 e. The van der Waals surface area contributed by atoms with E-state index in [2.05, 4.69) is 15.4 Å². The highest BCUT2D eigenvalue weighted by Gasteiger charge is 2.09. The molecule has 0 fully saturated rings. The summed E-state index contributed by atoms with van der Waals surface area (Å²) in [4.78, 5) is 4.33. The number of anilines is 2. The van der Waals surface area contributed by atoms with Crippen LogP contribution in [0.5, 0.6) is 0 Å². The summed E-state index contributed by atoms with van der Waals surface area (Å²) in [7, 11) is 1.90. The Bertz CT molecular complexity index is 728. The Morgan fingerprint density at radius 1 is 1.42 bits per heavy atom. The van der Waals surface area contributed by atoms with Crippen LogP contribution in [0.2, 0.25) is 0 Å². The molecule has 2 heterocycles. The standard InChI is InChI=1S/C13H15N5O/c1-8-9(7-18(2)17-8)6-15-13-16-12-10(14)4-3-5-11(12)19-13/h3-5,7H,6,14H2,1-2H3,(H,15,16). The van der Waals surface area contributed by atoms with Gasteiger partial charge in [0.1, 0.15) is 5.52 Å². The van der Waals surface area contributed by atoms with E-state index < -0.39 is 0 Å². The maximum absolute atomic E-state index is 5.84. The van der Waals surface area contributed by atoms with Crippen LogP contribution in [0.15, 0.2) is 28.8 Å². The van der Waals surface area contributed by atoms with Crippen LogP contribution in [0.3, 0.4) is 0 Å². The van der Waals surface area contributed by atoms with Gasteiger partial charge in [0.05, 0.1) is 11.4 Å². The van der Waals surface area contributed by atoms with Crippen molar-refractivity contribution in [2.24, 2.45) is 7.05 Å². The molecule has 0 aliphatic heterocycles. The molecular weight excluding hydrogens is 242 g/mol. The molecule has 0 aliphatic rings. The van der Waals surface area contributed by atoms with Gasteiger partial charge in [0.25, 0.3) is 6.01 Å². The maximum atomic E-state index is 5.84. The first kappa shape index (κ1) is 11.6. The van der Waals surface area contributed by atoms with E-state index in [-0.39, 0.29) is 0 Å². The van der Waals surface area contributed by atoms with Crippen molar-refractivity contribution >= 4 is 22.8 Å². The Labute approximate surface area is 110 Å². The Hall–Kier alpha value is -2.50. The third kappa shape index (κ3) is 2.12. The summed E-state index contributed by atoms with van der Waals surface area (Å²) in [5, 5.41) is 7.43. The minimum absolute atomic E-state index is 0.469. The molecule has 98 valence electrons. The minimum atomic E-state index is 0.469. The Morgan fingerprint density at radius 3 is 2.95 bits per heavy atom. The molecule has 3 rings (SSSR count). The first-order chi connectivity index (χ1) is 9.13. The van der Waals surface area contributed by atoms with Crippen LogP contribution in [-0.4, -0.2) is 14.8 Å². The first-order valence-electron chi connectivity index (χ1n) is 6.01. The number of nitrogens with one attached hydrogen (secondary N) is 1. The van der Waals surface area contributed by atoms with Crippen molar-refractivity contribution < 1.29 is 4.42 Å². The molecule has 6 heteroatoms. The number of nitrogens with two attached hydrogens (primary N) is 1. The molecule has 3 aromatic rings. The highest BCUT2D eigenvalue weighted by molar-refractivity contribution is 5.86. The Kier molecular flexibility index (Phi) is 2.63. The van der Waals surface area contributed by atoms with Gasteiger partial charge >= 0.3 is 0 Å². The number of aromatic nitrogens is 3. The van der Waals surface area contributed by atoms with Crippen LogP contribution in [0.25, 0.3) is 11.1 Å². The molecule has 19 heavy (non-hydrogen) atoms. The number of fused-ring (bicyclic) bond motifs is 1. The van der Waals surface area contributed by atoms with Gasteiger partial charge in [-0.1, -0.05) is 6.07 Å². The zero-order chi connectivity index (χ0) is 13.4. The fourth-order valence-electron chi connectivity index (χ4n) is 2.04. The lowest BCUT2D eigenvalue weighted by Gasteiger charge is -1.99. The number of aryl methyl sites for hydroxylation is 2. The van der Waals surface area contributed by atoms with Gasteiger partial charge in [-0.25, -0.2) is 0 Å². The highest BCUT2D eigenvalue weighted by Crippen LogP contribution is 2.23. The first-order valence-corrected chi connectivity index (χ1v) is 6.01. The number of benzene rings is 1. The topological polar surface area (TPSA) is 81.9 Å². The summed E-state index contributed by atoms with van der Waals surface area (Å²) in [6, 6.07) is 5.97. The second-order valence-electron chi connectivity index (χ2n) is 4.48. The summed E-state index contributed by atoms with van der Waals surface area (Å²) in [5.41, 5.74) is 9.93. The minimum Gasteiger partial charge on any atom is -0.423 e. The van der Waals surface area contributed by atoms with E-state index in [1.807, 2.05) is 32.3 Å². The van der Waals surface area contributed by atoms with Gasteiger partial charge in [0.2, 0.25) is 0 Å². The van der Waals surface area contributed by atoms with Crippen molar-refractivity contribution in [3.05, 3.63) is 35.7 Å². The average Bonchev–Trinajstić information content (AvgIpc) is 2.91. The summed E-state index contributed by atoms with van der Waals surface area (Å²) >= 11 is 0. The van der Waals surface area contributed by atoms with Crippen molar-refractivity contribution in [3.63, 3.8) is 0 Å². The van der Waals surface area contributed by atoms with Gasteiger partial charge in [0, 0.05) is 25.4 Å². The predicted octanol–water partition coefficient (Wildman–Crippen LogP) is 2.06. The van der Waals surface area contributed by atoms with Crippen molar-refractivity contribution in [1.29, 1.82) is 0 Å². The van der Waals surface area contributed by atoms with E-state index in [9.17, 15) is 0 Å². The largest absolute Gasteiger partial charge is 0.423 e. The number of nitrogen functional groups attached to an aromatic ring is 1. The van der Waals surface area contributed by atoms with E-state index in [4.69, 9.17) is 10.2 Å². The molecule has 0 saturated heterocycles. The number of nitrogens with zero attached hydrogens (tertiary/aromatic N) is 3. The van der Waals surface area contributed by atoms with Crippen LogP contribution in [-0.2, 0) is 13.6 Å². The predicted molar refractivity (Wildman–Crippen MR) is 73.7 cm³/mol. The van der Waals surface area contributed by atoms with E-state index >= 15 is 0 Å². The van der Waals surface area contributed by atoms with Crippen LogP contribution >= 0.6 is 0 Å². The quantitative estimate of drug-likeness (QED) is 0.702. The van der Waals surface area contributed by atoms with Gasteiger partial charge < -0.3 is 15.5 Å². The summed E-state index contributed by atoms with van der Waals surface area (Å²) < 4.78 is 7.38. The number of para-hydroxylation sites is 1. The second kappa shape index (κ2) is 4.31. The van der Waals surface area contributed by atoms with Crippen LogP contribution in [0.4, 0.5) is 11.7 Å². The van der Waals surface area contributed by atoms with Gasteiger partial charge in [-0.3, -0.25) is 4.68 Å². The summed E-state index contributed by atoms with van der Waals surface area (Å²) in [6.45, 7) is 2.59. The van der Waals surface area contributed by atoms with E-state index in [0.717, 1.165) is 11.3 Å². The lowest BCUT2D eigenvalue weighted by Crippen LogP contribution is -1.99. The Morgan fingerprint density at radius 2 is 2.26 bits per heavy atom. The zero-order valence-corrected chi connectivity index (χ0v) is 10.8. The summed E-state index contributed by atoms with van der Waals surface area (Å²) in [5.74, 6) is 0. The van der Waals surface area contributed by atoms with Crippen LogP contribution in [0.1, 0.15) is 11.3 Å². The van der Waals surface area contributed by atoms with Crippen LogP contribution < -0.4 is 11.1 Å². The van der Waals surface area contributed by atoms with Crippen molar-refractivity contribution in [2.75, 3.05) is 11.1 Å². The van der Waals surface area contributed by atoms with Gasteiger partial charge in [-0.05, 0) is 19.1 Å². The molecule has 0 bridgehead atoms. The van der Waals surface area contributed by atoms with E-state index in [0.29, 0.717) is 29.3 Å². The fourth-order valence-corrected chi connectivity index (χ4v) is 2.04. The van der Waals surface area contributed by atoms with Gasteiger partial charge in [-0.2, -0.15) is 10.1 Å². The zero-order valence-electron chi connectivity index (χ0n) is 10.8. The Balaban J connectivity index is 1.82. The third-order valence-electron chi connectivity index (χ3n) is 3.00. The average molecular weight is 257 g/mol. The van der Waals surface area contributed by atoms with E-state index in [1.54, 1.807) is 10.7 Å². The summed E-state index contributed by atoms with van der Waals surface area (Å²) in [6.07, 6.45) is 1.97. The van der Waals surface area contributed by atoms with Crippen molar-refractivity contribution in [3.8, 4) is 0 Å². The monoisotopic (exact) mass is 257 g/mol. The molecule has 0 atom stereocenters. The second-order valence-corrected chi connectivity index (χ2v) is 4.48.